The summed E-state index contributed by atoms with van der Waals surface area (Å²) in [7, 11) is 0. The maximum absolute atomic E-state index is 12.9. The highest BCUT2D eigenvalue weighted by molar-refractivity contribution is 5.94. The molecule has 1 aromatic rings. The number of rotatable bonds is 7. The summed E-state index contributed by atoms with van der Waals surface area (Å²) in [4.78, 5) is 24.1. The van der Waals surface area contributed by atoms with Crippen molar-refractivity contribution < 1.29 is 23.8 Å². The van der Waals surface area contributed by atoms with Gasteiger partial charge in [-0.2, -0.15) is 0 Å². The predicted octanol–water partition coefficient (Wildman–Crippen LogP) is 1.77. The van der Waals surface area contributed by atoms with Crippen LogP contribution in [-0.2, 0) is 9.53 Å². The average molecular weight is 378 g/mol. The molecule has 1 saturated carbocycles. The van der Waals surface area contributed by atoms with Gasteiger partial charge in [-0.3, -0.25) is 9.59 Å². The highest BCUT2D eigenvalue weighted by Crippen LogP contribution is 2.28. The van der Waals surface area contributed by atoms with Crippen LogP contribution in [0.4, 0.5) is 4.39 Å². The quantitative estimate of drug-likeness (QED) is 0.675. The summed E-state index contributed by atoms with van der Waals surface area (Å²) in [6, 6.07) is 5.23. The second-order valence-corrected chi connectivity index (χ2v) is 7.35. The topological polar surface area (TPSA) is 87.7 Å². The lowest BCUT2D eigenvalue weighted by Crippen LogP contribution is -2.53. The first-order chi connectivity index (χ1) is 13.1. The zero-order chi connectivity index (χ0) is 19.2. The fraction of sp³-hybridized carbons (Fsp3) is 0.600. The molecule has 1 aliphatic heterocycles. The standard InChI is InChI=1S/C20H27FN2O4/c21-15-6-4-14(5-7-15)19(25)22-11-10-16-8-9-17(18(12-24)27-16)23-20(26)13-2-1-3-13/h4-7,13,16-18,24H,1-3,8-12H2,(H,22,25)(H,23,26)/t16-,17-,18-/m1/s1. The van der Waals surface area contributed by atoms with Crippen LogP contribution in [0.25, 0.3) is 0 Å². The van der Waals surface area contributed by atoms with E-state index in [1.54, 1.807) is 0 Å². The second-order valence-electron chi connectivity index (χ2n) is 7.35. The minimum absolute atomic E-state index is 0.0679. The summed E-state index contributed by atoms with van der Waals surface area (Å²) in [5, 5.41) is 15.4. The van der Waals surface area contributed by atoms with Gasteiger partial charge in [0.15, 0.2) is 0 Å². The molecule has 2 aliphatic rings. The summed E-state index contributed by atoms with van der Waals surface area (Å²) in [6.07, 6.45) is 4.63. The van der Waals surface area contributed by atoms with Crippen LogP contribution in [0.5, 0.6) is 0 Å². The molecular weight excluding hydrogens is 351 g/mol. The molecule has 3 atom stereocenters. The fourth-order valence-corrected chi connectivity index (χ4v) is 3.53. The number of aliphatic hydroxyl groups is 1. The Balaban J connectivity index is 1.40. The number of carbonyl (C=O) groups excluding carboxylic acids is 2. The third-order valence-corrected chi connectivity index (χ3v) is 5.46. The largest absolute Gasteiger partial charge is 0.394 e. The van der Waals surface area contributed by atoms with Gasteiger partial charge in [-0.15, -0.1) is 0 Å². The zero-order valence-corrected chi connectivity index (χ0v) is 15.3. The molecule has 0 bridgehead atoms. The van der Waals surface area contributed by atoms with E-state index in [1.165, 1.54) is 24.3 Å². The van der Waals surface area contributed by atoms with Crippen LogP contribution < -0.4 is 10.6 Å². The van der Waals surface area contributed by atoms with Gasteiger partial charge in [0.2, 0.25) is 5.91 Å². The lowest BCUT2D eigenvalue weighted by molar-refractivity contribution is -0.134. The Kier molecular flexibility index (Phi) is 6.79. The van der Waals surface area contributed by atoms with E-state index >= 15 is 0 Å². The van der Waals surface area contributed by atoms with E-state index in [9.17, 15) is 19.1 Å². The minimum atomic E-state index is -0.416. The molecule has 6 nitrogen and oxygen atoms in total. The maximum Gasteiger partial charge on any atom is 0.251 e. The van der Waals surface area contributed by atoms with Gasteiger partial charge in [0, 0.05) is 18.0 Å². The number of hydrogen-bond acceptors (Lipinski definition) is 4. The molecule has 3 rings (SSSR count). The molecule has 27 heavy (non-hydrogen) atoms. The van der Waals surface area contributed by atoms with E-state index in [2.05, 4.69) is 10.6 Å². The highest BCUT2D eigenvalue weighted by atomic mass is 19.1. The van der Waals surface area contributed by atoms with E-state index < -0.39 is 6.10 Å². The third kappa shape index (κ3) is 5.26. The summed E-state index contributed by atoms with van der Waals surface area (Å²) in [5.74, 6) is -0.451. The summed E-state index contributed by atoms with van der Waals surface area (Å²) < 4.78 is 18.8. The molecular formula is C20H27FN2O4. The number of amides is 2. The van der Waals surface area contributed by atoms with Crippen molar-refractivity contribution in [2.45, 2.75) is 56.8 Å². The molecule has 0 aromatic heterocycles. The Morgan fingerprint density at radius 2 is 1.89 bits per heavy atom. The Labute approximate surface area is 158 Å². The molecule has 7 heteroatoms. The summed E-state index contributed by atoms with van der Waals surface area (Å²) in [5.41, 5.74) is 0.410. The lowest BCUT2D eigenvalue weighted by atomic mass is 9.84. The van der Waals surface area contributed by atoms with Crippen molar-refractivity contribution in [1.29, 1.82) is 0 Å². The predicted molar refractivity (Wildman–Crippen MR) is 97.6 cm³/mol. The molecule has 148 valence electrons. The van der Waals surface area contributed by atoms with Gasteiger partial charge in [0.05, 0.1) is 18.8 Å². The van der Waals surface area contributed by atoms with Crippen LogP contribution in [0, 0.1) is 11.7 Å². The first-order valence-electron chi connectivity index (χ1n) is 9.67. The van der Waals surface area contributed by atoms with Crippen LogP contribution in [-0.4, -0.2) is 48.3 Å². The first kappa shape index (κ1) is 19.8. The van der Waals surface area contributed by atoms with Crippen LogP contribution in [0.1, 0.15) is 48.9 Å². The normalized spacial score (nSPS) is 25.5. The van der Waals surface area contributed by atoms with Crippen LogP contribution >= 0.6 is 0 Å². The smallest absolute Gasteiger partial charge is 0.251 e. The van der Waals surface area contributed by atoms with Crippen molar-refractivity contribution in [1.82, 2.24) is 10.6 Å². The zero-order valence-electron chi connectivity index (χ0n) is 15.3. The SMILES string of the molecule is O=C(NCC[C@H]1CC[C@@H](NC(=O)C2CCC2)[C@@H](CO)O1)c1ccc(F)cc1. The van der Waals surface area contributed by atoms with Crippen LogP contribution in [0.3, 0.4) is 0 Å². The molecule has 3 N–H and O–H groups in total. The summed E-state index contributed by atoms with van der Waals surface area (Å²) >= 11 is 0. The molecule has 2 fully saturated rings. The van der Waals surface area contributed by atoms with Crippen molar-refractivity contribution in [3.63, 3.8) is 0 Å². The fourth-order valence-electron chi connectivity index (χ4n) is 3.53. The van der Waals surface area contributed by atoms with E-state index in [4.69, 9.17) is 4.74 Å². The molecule has 1 heterocycles. The molecule has 1 aromatic carbocycles. The first-order valence-corrected chi connectivity index (χ1v) is 9.67. The molecule has 2 amide bonds. The van der Waals surface area contributed by atoms with E-state index in [0.29, 0.717) is 18.5 Å². The van der Waals surface area contributed by atoms with Crippen LogP contribution in [0.15, 0.2) is 24.3 Å². The van der Waals surface area contributed by atoms with Crippen molar-refractivity contribution in [3.8, 4) is 0 Å². The van der Waals surface area contributed by atoms with Gasteiger partial charge in [0.1, 0.15) is 11.9 Å². The molecule has 0 spiro atoms. The average Bonchev–Trinajstić information content (AvgIpc) is 2.61. The Bertz CT molecular complexity index is 648. The number of carbonyl (C=O) groups is 2. The molecule has 0 radical (unpaired) electrons. The number of hydrogen-bond donors (Lipinski definition) is 3. The number of benzene rings is 1. The Morgan fingerprint density at radius 3 is 2.52 bits per heavy atom. The Hall–Kier alpha value is -1.99. The minimum Gasteiger partial charge on any atom is -0.394 e. The third-order valence-electron chi connectivity index (χ3n) is 5.46. The second kappa shape index (κ2) is 9.28. The van der Waals surface area contributed by atoms with Gasteiger partial charge in [-0.25, -0.2) is 4.39 Å². The van der Waals surface area contributed by atoms with Crippen LogP contribution in [0.2, 0.25) is 0 Å². The number of nitrogens with one attached hydrogen (secondary N) is 2. The van der Waals surface area contributed by atoms with E-state index in [0.717, 1.165) is 32.1 Å². The Morgan fingerprint density at radius 1 is 1.15 bits per heavy atom. The number of ether oxygens (including phenoxy) is 1. The van der Waals surface area contributed by atoms with Gasteiger partial charge >= 0.3 is 0 Å². The van der Waals surface area contributed by atoms with Gasteiger partial charge < -0.3 is 20.5 Å². The molecule has 1 saturated heterocycles. The van der Waals surface area contributed by atoms with Gasteiger partial charge in [-0.05, 0) is 56.4 Å². The van der Waals surface area contributed by atoms with Gasteiger partial charge in [-0.1, -0.05) is 6.42 Å². The van der Waals surface area contributed by atoms with Crippen molar-refractivity contribution in [2.24, 2.45) is 5.92 Å². The van der Waals surface area contributed by atoms with E-state index in [1.807, 2.05) is 0 Å². The summed E-state index contributed by atoms with van der Waals surface area (Å²) in [6.45, 7) is 0.284. The van der Waals surface area contributed by atoms with Crippen molar-refractivity contribution >= 4 is 11.8 Å². The maximum atomic E-state index is 12.9. The highest BCUT2D eigenvalue weighted by Gasteiger charge is 2.34. The van der Waals surface area contributed by atoms with Gasteiger partial charge in [0.25, 0.3) is 5.91 Å². The number of aliphatic hydroxyl groups excluding tert-OH is 1. The van der Waals surface area contributed by atoms with Crippen molar-refractivity contribution in [3.05, 3.63) is 35.6 Å². The molecule has 0 unspecified atom stereocenters. The number of halogens is 1. The monoisotopic (exact) mass is 378 g/mol. The van der Waals surface area contributed by atoms with Crippen molar-refractivity contribution in [2.75, 3.05) is 13.2 Å². The lowest BCUT2D eigenvalue weighted by Gasteiger charge is -2.37. The molecule has 1 aliphatic carbocycles. The van der Waals surface area contributed by atoms with E-state index in [-0.39, 0.29) is 42.3 Å².